The Morgan fingerprint density at radius 3 is 2.65 bits per heavy atom. The van der Waals surface area contributed by atoms with Gasteiger partial charge < -0.3 is 19.6 Å². The normalized spacial score (nSPS) is 16.0. The number of nitrogens with zero attached hydrogens (tertiary/aromatic N) is 2. The monoisotopic (exact) mass is 431 g/mol. The topological polar surface area (TPSA) is 73.2 Å². The van der Waals surface area contributed by atoms with Crippen LogP contribution in [0, 0.1) is 0 Å². The van der Waals surface area contributed by atoms with Gasteiger partial charge in [-0.15, -0.1) is 0 Å². The number of furan rings is 1. The largest absolute Gasteiger partial charge is 0.497 e. The van der Waals surface area contributed by atoms with Crippen LogP contribution in [0.5, 0.6) is 11.5 Å². The lowest BCUT2D eigenvalue weighted by atomic mass is 9.94. The molecule has 0 saturated heterocycles. The fraction of sp³-hybridized carbons (Fsp3) is 0.167. The predicted octanol–water partition coefficient (Wildman–Crippen LogP) is 5.00. The van der Waals surface area contributed by atoms with Crippen molar-refractivity contribution < 1.29 is 13.9 Å². The summed E-state index contributed by atoms with van der Waals surface area (Å²) in [5.41, 5.74) is 8.74. The van der Waals surface area contributed by atoms with Crippen LogP contribution in [0.4, 0.5) is 0 Å². The average molecular weight is 432 g/mol. The molecule has 0 saturated carbocycles. The van der Waals surface area contributed by atoms with Crippen molar-refractivity contribution in [2.75, 3.05) is 14.2 Å². The van der Waals surface area contributed by atoms with Crippen molar-refractivity contribution in [3.8, 4) is 11.5 Å². The van der Waals surface area contributed by atoms with E-state index in [-0.39, 0.29) is 11.2 Å². The van der Waals surface area contributed by atoms with Crippen LogP contribution in [0.2, 0.25) is 0 Å². The zero-order chi connectivity index (χ0) is 21.5. The van der Waals surface area contributed by atoms with E-state index in [9.17, 15) is 0 Å². The minimum atomic E-state index is -0.166. The van der Waals surface area contributed by atoms with Gasteiger partial charge in [-0.05, 0) is 59.6 Å². The van der Waals surface area contributed by atoms with Crippen molar-refractivity contribution in [3.63, 3.8) is 0 Å². The van der Waals surface area contributed by atoms with E-state index in [2.05, 4.69) is 0 Å². The van der Waals surface area contributed by atoms with Crippen molar-refractivity contribution >= 4 is 44.8 Å². The molecule has 0 spiro atoms. The molecule has 2 heterocycles. The lowest BCUT2D eigenvalue weighted by Crippen LogP contribution is -2.31. The van der Waals surface area contributed by atoms with E-state index in [4.69, 9.17) is 36.9 Å². The van der Waals surface area contributed by atoms with E-state index < -0.39 is 0 Å². The Balaban J connectivity index is 1.61. The van der Waals surface area contributed by atoms with Gasteiger partial charge in [0.05, 0.1) is 20.3 Å². The fourth-order valence-corrected chi connectivity index (χ4v) is 4.31. The van der Waals surface area contributed by atoms with Gasteiger partial charge in [-0.25, -0.2) is 5.01 Å². The smallest absolute Gasteiger partial charge is 0.187 e. The maximum atomic E-state index is 6.07. The van der Waals surface area contributed by atoms with Gasteiger partial charge in [-0.2, -0.15) is 5.10 Å². The number of ether oxygens (including phenoxy) is 2. The molecule has 1 unspecified atom stereocenters. The highest BCUT2D eigenvalue weighted by Gasteiger charge is 2.33. The lowest BCUT2D eigenvalue weighted by molar-refractivity contribution is 0.374. The van der Waals surface area contributed by atoms with Gasteiger partial charge in [-0.1, -0.05) is 24.3 Å². The third-order valence-electron chi connectivity index (χ3n) is 5.64. The van der Waals surface area contributed by atoms with Crippen LogP contribution in [0.25, 0.3) is 21.7 Å². The van der Waals surface area contributed by atoms with E-state index in [1.807, 2.05) is 60.7 Å². The molecule has 2 N–H and O–H groups in total. The molecule has 156 valence electrons. The molecule has 1 aromatic heterocycles. The van der Waals surface area contributed by atoms with Crippen LogP contribution in [-0.2, 0) is 0 Å². The van der Waals surface area contributed by atoms with E-state index in [0.717, 1.165) is 50.3 Å². The minimum absolute atomic E-state index is 0.166. The maximum absolute atomic E-state index is 6.07. The number of rotatable bonds is 4. The Bertz CT molecular complexity index is 1310. The number of hydrazone groups is 1. The van der Waals surface area contributed by atoms with Gasteiger partial charge in [0.1, 0.15) is 22.8 Å². The molecule has 31 heavy (non-hydrogen) atoms. The molecule has 1 aliphatic heterocycles. The molecule has 0 fully saturated rings. The second-order valence-electron chi connectivity index (χ2n) is 7.37. The highest BCUT2D eigenvalue weighted by molar-refractivity contribution is 7.80. The average Bonchev–Trinajstić information content (AvgIpc) is 3.42. The first-order valence-corrected chi connectivity index (χ1v) is 10.3. The van der Waals surface area contributed by atoms with Gasteiger partial charge in [-0.3, -0.25) is 0 Å². The van der Waals surface area contributed by atoms with Gasteiger partial charge in [0.25, 0.3) is 0 Å². The van der Waals surface area contributed by atoms with Gasteiger partial charge in [0.15, 0.2) is 10.9 Å². The number of benzene rings is 3. The van der Waals surface area contributed by atoms with Crippen LogP contribution in [0.3, 0.4) is 0 Å². The summed E-state index contributed by atoms with van der Waals surface area (Å²) < 4.78 is 17.1. The Hall–Kier alpha value is -3.58. The fourth-order valence-electron chi connectivity index (χ4n) is 4.15. The Labute approximate surface area is 184 Å². The first-order chi connectivity index (χ1) is 15.1. The molecule has 4 aromatic rings. The number of para-hydroxylation sites is 1. The molecule has 1 aliphatic rings. The number of methoxy groups -OCH3 is 2. The van der Waals surface area contributed by atoms with Crippen LogP contribution >= 0.6 is 12.2 Å². The highest BCUT2D eigenvalue weighted by Crippen LogP contribution is 2.40. The molecular formula is C24H21N3O3S. The molecule has 0 radical (unpaired) electrons. The number of hydrogen-bond acceptors (Lipinski definition) is 5. The van der Waals surface area contributed by atoms with Gasteiger partial charge in [0.2, 0.25) is 0 Å². The molecule has 1 atom stereocenters. The van der Waals surface area contributed by atoms with Gasteiger partial charge >= 0.3 is 0 Å². The SMILES string of the molecule is COc1ccc2c(OC)ccc(C3CC(c4cc5ccccc5o4)=NN3C(N)=S)c2c1. The Kier molecular flexibility index (Phi) is 4.75. The van der Waals surface area contributed by atoms with Crippen molar-refractivity contribution in [1.29, 1.82) is 0 Å². The quantitative estimate of drug-likeness (QED) is 0.459. The molecule has 3 aromatic carbocycles. The standard InChI is InChI=1S/C24H21N3O3S/c1-28-15-7-8-17-18(12-15)16(9-10-22(17)29-2)20-13-19(26-27(20)24(25)31)23-11-14-5-3-4-6-21(14)30-23/h3-12,20H,13H2,1-2H3,(H2,25,31). The first-order valence-electron chi connectivity index (χ1n) is 9.89. The summed E-state index contributed by atoms with van der Waals surface area (Å²) in [7, 11) is 3.32. The summed E-state index contributed by atoms with van der Waals surface area (Å²) in [5, 5.41) is 9.66. The molecule has 0 bridgehead atoms. The summed E-state index contributed by atoms with van der Waals surface area (Å²) in [4.78, 5) is 0. The number of fused-ring (bicyclic) bond motifs is 2. The third-order valence-corrected chi connectivity index (χ3v) is 5.83. The van der Waals surface area contributed by atoms with Crippen molar-refractivity contribution in [2.45, 2.75) is 12.5 Å². The molecule has 7 heteroatoms. The van der Waals surface area contributed by atoms with Crippen molar-refractivity contribution in [3.05, 3.63) is 72.0 Å². The number of thiocarbonyl (C=S) groups is 1. The van der Waals surface area contributed by atoms with Crippen molar-refractivity contribution in [2.24, 2.45) is 10.8 Å². The van der Waals surface area contributed by atoms with Crippen LogP contribution in [0.1, 0.15) is 23.8 Å². The molecule has 0 amide bonds. The highest BCUT2D eigenvalue weighted by atomic mass is 32.1. The first kappa shape index (κ1) is 19.4. The van der Waals surface area contributed by atoms with E-state index in [1.165, 1.54) is 0 Å². The van der Waals surface area contributed by atoms with Crippen LogP contribution in [-0.4, -0.2) is 30.1 Å². The van der Waals surface area contributed by atoms with Crippen LogP contribution < -0.4 is 15.2 Å². The molecule has 5 rings (SSSR count). The van der Waals surface area contributed by atoms with E-state index in [0.29, 0.717) is 6.42 Å². The summed E-state index contributed by atoms with van der Waals surface area (Å²) in [6.07, 6.45) is 0.607. The summed E-state index contributed by atoms with van der Waals surface area (Å²) >= 11 is 5.34. The third kappa shape index (κ3) is 3.27. The van der Waals surface area contributed by atoms with Crippen molar-refractivity contribution in [1.82, 2.24) is 5.01 Å². The Morgan fingerprint density at radius 2 is 1.90 bits per heavy atom. The second kappa shape index (κ2) is 7.59. The molecule has 0 aliphatic carbocycles. The van der Waals surface area contributed by atoms with E-state index in [1.54, 1.807) is 19.2 Å². The second-order valence-corrected chi connectivity index (χ2v) is 7.78. The summed E-state index contributed by atoms with van der Waals surface area (Å²) in [6, 6.07) is 19.7. The maximum Gasteiger partial charge on any atom is 0.187 e. The van der Waals surface area contributed by atoms with Gasteiger partial charge in [0, 0.05) is 17.2 Å². The summed E-state index contributed by atoms with van der Waals surface area (Å²) in [5.74, 6) is 2.28. The molecule has 6 nitrogen and oxygen atoms in total. The zero-order valence-corrected chi connectivity index (χ0v) is 18.0. The lowest BCUT2D eigenvalue weighted by Gasteiger charge is -2.24. The minimum Gasteiger partial charge on any atom is -0.497 e. The molecular weight excluding hydrogens is 410 g/mol. The van der Waals surface area contributed by atoms with E-state index >= 15 is 0 Å². The number of nitrogens with two attached hydrogens (primary N) is 1. The predicted molar refractivity (Wildman–Crippen MR) is 126 cm³/mol. The zero-order valence-electron chi connectivity index (χ0n) is 17.2. The number of hydrogen-bond donors (Lipinski definition) is 1. The summed E-state index contributed by atoms with van der Waals surface area (Å²) in [6.45, 7) is 0. The Morgan fingerprint density at radius 1 is 1.06 bits per heavy atom. The van der Waals surface area contributed by atoms with Crippen LogP contribution in [0.15, 0.2) is 70.2 Å².